The molecule has 43 heavy (non-hydrogen) atoms. The highest BCUT2D eigenvalue weighted by atomic mass is 16.7. The highest BCUT2D eigenvalue weighted by Crippen LogP contribution is 2.39. The van der Waals surface area contributed by atoms with E-state index < -0.39 is 12.1 Å². The molecule has 3 fully saturated rings. The fourth-order valence-corrected chi connectivity index (χ4v) is 6.00. The van der Waals surface area contributed by atoms with Crippen LogP contribution in [0, 0.1) is 0 Å². The Kier molecular flexibility index (Phi) is 9.67. The summed E-state index contributed by atoms with van der Waals surface area (Å²) >= 11 is 0. The van der Waals surface area contributed by atoms with Crippen LogP contribution in [0.4, 0.5) is 4.79 Å². The summed E-state index contributed by atoms with van der Waals surface area (Å²) < 4.78 is 24.9. The summed E-state index contributed by atoms with van der Waals surface area (Å²) in [5.74, 6) is -0.397. The van der Waals surface area contributed by atoms with E-state index in [1.807, 2.05) is 78.9 Å². The van der Waals surface area contributed by atoms with Gasteiger partial charge in [-0.2, -0.15) is 0 Å². The Morgan fingerprint density at radius 1 is 0.791 bits per heavy atom. The summed E-state index contributed by atoms with van der Waals surface area (Å²) in [4.78, 5) is 14.7. The molecular formula is C34H41N3O6. The molecule has 3 aliphatic rings. The van der Waals surface area contributed by atoms with E-state index in [2.05, 4.69) is 15.5 Å². The molecule has 3 atom stereocenters. The molecule has 0 bridgehead atoms. The maximum absolute atomic E-state index is 12.3. The molecule has 0 saturated carbocycles. The van der Waals surface area contributed by atoms with E-state index in [1.54, 1.807) is 0 Å². The lowest BCUT2D eigenvalue weighted by atomic mass is 9.98. The minimum atomic E-state index is -0.518. The van der Waals surface area contributed by atoms with Crippen LogP contribution in [0.1, 0.15) is 59.5 Å². The molecule has 3 N–H and O–H groups in total. The molecule has 0 aromatic heterocycles. The van der Waals surface area contributed by atoms with Crippen molar-refractivity contribution in [1.29, 1.82) is 0 Å². The first-order valence-corrected chi connectivity index (χ1v) is 15.2. The lowest BCUT2D eigenvalue weighted by Crippen LogP contribution is -2.48. The monoisotopic (exact) mass is 587 g/mol. The smallest absolute Gasteiger partial charge is 0.315 e. The van der Waals surface area contributed by atoms with Gasteiger partial charge < -0.3 is 39.6 Å². The number of rotatable bonds is 9. The van der Waals surface area contributed by atoms with Gasteiger partial charge in [-0.15, -0.1) is 0 Å². The van der Waals surface area contributed by atoms with Crippen molar-refractivity contribution >= 4 is 6.03 Å². The Labute approximate surface area is 253 Å². The first-order chi connectivity index (χ1) is 21.1. The van der Waals surface area contributed by atoms with Gasteiger partial charge in [0.1, 0.15) is 0 Å². The van der Waals surface area contributed by atoms with Crippen LogP contribution in [0.2, 0.25) is 0 Å². The van der Waals surface area contributed by atoms with Crippen molar-refractivity contribution in [3.05, 3.63) is 107 Å². The van der Waals surface area contributed by atoms with Crippen molar-refractivity contribution in [3.63, 3.8) is 0 Å². The zero-order chi connectivity index (χ0) is 29.5. The summed E-state index contributed by atoms with van der Waals surface area (Å²) in [5, 5.41) is 15.3. The number of benzene rings is 3. The van der Waals surface area contributed by atoms with Crippen molar-refractivity contribution in [2.24, 2.45) is 0 Å². The maximum atomic E-state index is 12.3. The zero-order valence-corrected chi connectivity index (χ0v) is 24.5. The molecule has 3 aliphatic heterocycles. The summed E-state index contributed by atoms with van der Waals surface area (Å²) in [6.07, 6.45) is 1.80. The Bertz CT molecular complexity index is 1300. The number of nitrogens with zero attached hydrogens (tertiary/aromatic N) is 1. The molecule has 228 valence electrons. The number of nitrogens with one attached hydrogen (secondary N) is 2. The summed E-state index contributed by atoms with van der Waals surface area (Å²) in [6.45, 7) is 4.88. The lowest BCUT2D eigenvalue weighted by molar-refractivity contribution is -0.255. The van der Waals surface area contributed by atoms with Gasteiger partial charge in [0.25, 0.3) is 0 Å². The third kappa shape index (κ3) is 7.80. The average molecular weight is 588 g/mol. The highest BCUT2D eigenvalue weighted by molar-refractivity contribution is 5.73. The van der Waals surface area contributed by atoms with E-state index >= 15 is 0 Å². The average Bonchev–Trinajstić information content (AvgIpc) is 3.52. The number of carbonyl (C=O) groups excluding carboxylic acids is 1. The number of carbonyl (C=O) groups is 1. The topological polar surface area (TPSA) is 102 Å². The summed E-state index contributed by atoms with van der Waals surface area (Å²) in [7, 11) is 0. The number of piperidine rings is 1. The molecular weight excluding hydrogens is 546 g/mol. The molecule has 6 rings (SSSR count). The normalized spacial score (nSPS) is 23.7. The number of likely N-dealkylation sites (tertiary alicyclic amines) is 1. The Hall–Kier alpha value is -3.31. The van der Waals surface area contributed by atoms with E-state index in [4.69, 9.17) is 18.9 Å². The van der Waals surface area contributed by atoms with Gasteiger partial charge in [0, 0.05) is 57.5 Å². The van der Waals surface area contributed by atoms with Crippen LogP contribution in [-0.2, 0) is 38.6 Å². The van der Waals surface area contributed by atoms with Gasteiger partial charge >= 0.3 is 6.03 Å². The van der Waals surface area contributed by atoms with Gasteiger partial charge in [-0.1, -0.05) is 78.9 Å². The van der Waals surface area contributed by atoms with E-state index in [-0.39, 0.29) is 24.8 Å². The van der Waals surface area contributed by atoms with E-state index in [0.717, 1.165) is 66.7 Å². The number of ether oxygens (including phenoxy) is 4. The first-order valence-electron chi connectivity index (χ1n) is 15.2. The van der Waals surface area contributed by atoms with Crippen molar-refractivity contribution in [2.45, 2.75) is 63.2 Å². The van der Waals surface area contributed by atoms with Crippen LogP contribution in [0.15, 0.2) is 78.9 Å². The third-order valence-corrected chi connectivity index (χ3v) is 8.51. The van der Waals surface area contributed by atoms with Crippen LogP contribution < -0.4 is 10.6 Å². The molecule has 1 spiro atoms. The van der Waals surface area contributed by atoms with Crippen molar-refractivity contribution in [2.75, 3.05) is 32.8 Å². The molecule has 0 radical (unpaired) electrons. The second-order valence-electron chi connectivity index (χ2n) is 11.5. The molecule has 3 heterocycles. The number of urea groups is 1. The van der Waals surface area contributed by atoms with E-state index in [1.165, 1.54) is 0 Å². The van der Waals surface area contributed by atoms with Crippen LogP contribution in [-0.4, -0.2) is 60.8 Å². The quantitative estimate of drug-likeness (QED) is 0.337. The number of hydrogen-bond donors (Lipinski definition) is 3. The van der Waals surface area contributed by atoms with Gasteiger partial charge in [0.05, 0.1) is 32.0 Å². The molecule has 3 aromatic carbocycles. The fraction of sp³-hybridized carbons (Fsp3) is 0.441. The predicted octanol–water partition coefficient (Wildman–Crippen LogP) is 4.56. The van der Waals surface area contributed by atoms with Gasteiger partial charge in [0.2, 0.25) is 0 Å². The van der Waals surface area contributed by atoms with Gasteiger partial charge in [-0.05, 0) is 22.3 Å². The fourth-order valence-electron chi connectivity index (χ4n) is 6.00. The van der Waals surface area contributed by atoms with Crippen LogP contribution in [0.5, 0.6) is 0 Å². The molecule has 3 aromatic rings. The second kappa shape index (κ2) is 14.0. The van der Waals surface area contributed by atoms with E-state index in [9.17, 15) is 9.90 Å². The molecule has 0 unspecified atom stereocenters. The van der Waals surface area contributed by atoms with Crippen molar-refractivity contribution < 1.29 is 28.8 Å². The largest absolute Gasteiger partial charge is 0.392 e. The maximum Gasteiger partial charge on any atom is 0.315 e. The SMILES string of the molecule is O=C(NCc1ccccc1)NCc1ccc([C@H]2O[C@@H](CN3CCC4(CC3)OCCO4)C[C@@H](c3ccc(CO)cc3)O2)cc1. The van der Waals surface area contributed by atoms with Crippen molar-refractivity contribution in [1.82, 2.24) is 15.5 Å². The highest BCUT2D eigenvalue weighted by Gasteiger charge is 2.41. The molecule has 3 saturated heterocycles. The Balaban J connectivity index is 1.07. The number of aliphatic hydroxyl groups is 1. The summed E-state index contributed by atoms with van der Waals surface area (Å²) in [5.41, 5.74) is 4.92. The number of hydrogen-bond acceptors (Lipinski definition) is 7. The van der Waals surface area contributed by atoms with Gasteiger partial charge in [-0.3, -0.25) is 0 Å². The second-order valence-corrected chi connectivity index (χ2v) is 11.5. The number of amides is 2. The third-order valence-electron chi connectivity index (χ3n) is 8.51. The lowest BCUT2D eigenvalue weighted by Gasteiger charge is -2.41. The van der Waals surface area contributed by atoms with Crippen LogP contribution in [0.3, 0.4) is 0 Å². The molecule has 2 amide bonds. The zero-order valence-electron chi connectivity index (χ0n) is 24.5. The van der Waals surface area contributed by atoms with Crippen molar-refractivity contribution in [3.8, 4) is 0 Å². The van der Waals surface area contributed by atoms with Gasteiger partial charge in [-0.25, -0.2) is 4.79 Å². The van der Waals surface area contributed by atoms with Crippen LogP contribution >= 0.6 is 0 Å². The number of aliphatic hydroxyl groups excluding tert-OH is 1. The predicted molar refractivity (Wildman–Crippen MR) is 161 cm³/mol. The van der Waals surface area contributed by atoms with Gasteiger partial charge in [0.15, 0.2) is 12.1 Å². The standard InChI is InChI=1S/C34H41N3O6/c38-24-27-8-10-28(11-9-27)31-20-30(23-37-16-14-34(15-17-37)40-18-19-41-34)42-32(43-31)29-12-6-26(7-13-29)22-36-33(39)35-21-25-4-2-1-3-5-25/h1-13,30-32,38H,14-24H2,(H2,35,36,39)/t30-,31+,32+/m1/s1. The van der Waals surface area contributed by atoms with E-state index in [0.29, 0.717) is 26.3 Å². The van der Waals surface area contributed by atoms with Crippen LogP contribution in [0.25, 0.3) is 0 Å². The summed E-state index contributed by atoms with van der Waals surface area (Å²) in [6, 6.07) is 25.6. The molecule has 9 nitrogen and oxygen atoms in total. The molecule has 0 aliphatic carbocycles. The minimum absolute atomic E-state index is 0.0138. The Morgan fingerprint density at radius 2 is 1.40 bits per heavy atom. The Morgan fingerprint density at radius 3 is 2.05 bits per heavy atom. The molecule has 9 heteroatoms. The first kappa shape index (κ1) is 29.7. The minimum Gasteiger partial charge on any atom is -0.392 e.